The molecule has 162 valence electrons. The normalized spacial score (nSPS) is 15.5. The topological polar surface area (TPSA) is 69.7 Å². The number of sulfonamides is 1. The van der Waals surface area contributed by atoms with Gasteiger partial charge in [0.1, 0.15) is 0 Å². The minimum absolute atomic E-state index is 0.0108. The Morgan fingerprint density at radius 2 is 1.73 bits per heavy atom. The van der Waals surface area contributed by atoms with Gasteiger partial charge in [-0.1, -0.05) is 17.7 Å². The third-order valence-electron chi connectivity index (χ3n) is 5.72. The number of halogens is 1. The number of likely N-dealkylation sites (tertiary alicyclic amines) is 1. The van der Waals surface area contributed by atoms with E-state index in [1.807, 2.05) is 34.0 Å². The van der Waals surface area contributed by atoms with Crippen LogP contribution in [0.25, 0.3) is 0 Å². The predicted octanol–water partition coefficient (Wildman–Crippen LogP) is 3.92. The number of rotatable bonds is 5. The second-order valence-electron chi connectivity index (χ2n) is 8.03. The molecular weight excluding hydrogens is 422 g/mol. The second-order valence-corrected chi connectivity index (χ2v) is 10.1. The average molecular weight is 450 g/mol. The van der Waals surface area contributed by atoms with Crippen molar-refractivity contribution in [1.82, 2.24) is 9.80 Å². The first-order valence-electron chi connectivity index (χ1n) is 9.94. The Kier molecular flexibility index (Phi) is 6.75. The molecule has 1 aliphatic rings. The zero-order valence-corrected chi connectivity index (χ0v) is 19.3. The summed E-state index contributed by atoms with van der Waals surface area (Å²) in [5, 5.41) is 0.250. The lowest BCUT2D eigenvalue weighted by Crippen LogP contribution is -2.44. The molecule has 0 aliphatic carbocycles. The quantitative estimate of drug-likeness (QED) is 0.750. The Bertz CT molecular complexity index is 1050. The number of carbonyl (C=O) groups is 1. The van der Waals surface area contributed by atoms with Gasteiger partial charge in [0.15, 0.2) is 0 Å². The summed E-state index contributed by atoms with van der Waals surface area (Å²) in [6.45, 7) is 5.13. The maximum Gasteiger partial charge on any atom is 0.261 e. The Morgan fingerprint density at radius 3 is 2.33 bits per heavy atom. The molecule has 0 aromatic heterocycles. The molecular formula is C22H28ClN3O3S. The molecule has 0 spiro atoms. The van der Waals surface area contributed by atoms with Crippen LogP contribution in [0.4, 0.5) is 5.69 Å². The van der Waals surface area contributed by atoms with Gasteiger partial charge in [0.25, 0.3) is 15.9 Å². The number of amides is 1. The van der Waals surface area contributed by atoms with Crippen LogP contribution in [-0.2, 0) is 10.0 Å². The number of hydrogen-bond acceptors (Lipinski definition) is 4. The molecule has 1 aliphatic heterocycles. The van der Waals surface area contributed by atoms with E-state index >= 15 is 0 Å². The van der Waals surface area contributed by atoms with E-state index in [0.29, 0.717) is 24.8 Å². The molecule has 0 bridgehead atoms. The Morgan fingerprint density at radius 1 is 1.07 bits per heavy atom. The van der Waals surface area contributed by atoms with Crippen molar-refractivity contribution in [3.8, 4) is 0 Å². The minimum atomic E-state index is -3.85. The van der Waals surface area contributed by atoms with Gasteiger partial charge in [0, 0.05) is 24.8 Å². The van der Waals surface area contributed by atoms with Crippen LogP contribution in [0.15, 0.2) is 41.3 Å². The van der Waals surface area contributed by atoms with E-state index in [2.05, 4.69) is 9.62 Å². The largest absolute Gasteiger partial charge is 0.338 e. The lowest BCUT2D eigenvalue weighted by Gasteiger charge is -2.35. The standard InChI is InChI=1S/C22H28ClN3O3S/c1-15-5-6-17(13-16(15)2)24-30(28,29)19-7-8-21(23)20(14-19)22(27)26-11-9-18(10-12-26)25(3)4/h5-8,13-14,18,24H,9-12H2,1-4H3. The molecule has 8 heteroatoms. The summed E-state index contributed by atoms with van der Waals surface area (Å²) in [7, 11) is 0.223. The molecule has 1 amide bonds. The number of piperidine rings is 1. The van der Waals surface area contributed by atoms with E-state index in [-0.39, 0.29) is 21.4 Å². The number of aryl methyl sites for hydroxylation is 2. The summed E-state index contributed by atoms with van der Waals surface area (Å²) in [4.78, 5) is 17.0. The van der Waals surface area contributed by atoms with Gasteiger partial charge >= 0.3 is 0 Å². The van der Waals surface area contributed by atoms with E-state index in [1.165, 1.54) is 18.2 Å². The van der Waals surface area contributed by atoms with Crippen LogP contribution in [-0.4, -0.2) is 57.4 Å². The number of nitrogens with one attached hydrogen (secondary N) is 1. The first kappa shape index (κ1) is 22.6. The highest BCUT2D eigenvalue weighted by molar-refractivity contribution is 7.92. The van der Waals surface area contributed by atoms with Gasteiger partial charge in [-0.05, 0) is 82.2 Å². The molecule has 1 saturated heterocycles. The van der Waals surface area contributed by atoms with Crippen molar-refractivity contribution >= 4 is 33.2 Å². The van der Waals surface area contributed by atoms with E-state index in [9.17, 15) is 13.2 Å². The van der Waals surface area contributed by atoms with Gasteiger partial charge < -0.3 is 9.80 Å². The molecule has 0 unspecified atom stereocenters. The number of benzene rings is 2. The molecule has 0 atom stereocenters. The fourth-order valence-corrected chi connectivity index (χ4v) is 4.88. The van der Waals surface area contributed by atoms with Gasteiger partial charge in [-0.25, -0.2) is 8.42 Å². The van der Waals surface area contributed by atoms with Crippen LogP contribution < -0.4 is 4.72 Å². The summed E-state index contributed by atoms with van der Waals surface area (Å²) in [6.07, 6.45) is 1.76. The van der Waals surface area contributed by atoms with Crippen molar-refractivity contribution in [2.24, 2.45) is 0 Å². The van der Waals surface area contributed by atoms with E-state index in [1.54, 1.807) is 17.0 Å². The molecule has 1 N–H and O–H groups in total. The van der Waals surface area contributed by atoms with Crippen molar-refractivity contribution < 1.29 is 13.2 Å². The van der Waals surface area contributed by atoms with Gasteiger partial charge in [-0.3, -0.25) is 9.52 Å². The summed E-state index contributed by atoms with van der Waals surface area (Å²) in [5.74, 6) is -0.236. The highest BCUT2D eigenvalue weighted by Crippen LogP contribution is 2.26. The molecule has 30 heavy (non-hydrogen) atoms. The van der Waals surface area contributed by atoms with Crippen molar-refractivity contribution in [3.05, 3.63) is 58.1 Å². The second kappa shape index (κ2) is 8.96. The molecule has 2 aromatic carbocycles. The molecule has 2 aromatic rings. The zero-order valence-electron chi connectivity index (χ0n) is 17.8. The Labute approximate surface area is 183 Å². The highest BCUT2D eigenvalue weighted by atomic mass is 35.5. The molecule has 1 fully saturated rings. The molecule has 1 heterocycles. The molecule has 3 rings (SSSR count). The van der Waals surface area contributed by atoms with Crippen molar-refractivity contribution in [2.75, 3.05) is 31.9 Å². The van der Waals surface area contributed by atoms with Crippen molar-refractivity contribution in [3.63, 3.8) is 0 Å². The van der Waals surface area contributed by atoms with Crippen LogP contribution in [0.3, 0.4) is 0 Å². The molecule has 0 saturated carbocycles. The van der Waals surface area contributed by atoms with Crippen LogP contribution in [0.5, 0.6) is 0 Å². The molecule has 6 nitrogen and oxygen atoms in total. The van der Waals surface area contributed by atoms with E-state index < -0.39 is 10.0 Å². The van der Waals surface area contributed by atoms with Crippen LogP contribution in [0, 0.1) is 13.8 Å². The van der Waals surface area contributed by atoms with Crippen LogP contribution in [0.1, 0.15) is 34.3 Å². The van der Waals surface area contributed by atoms with Gasteiger partial charge in [-0.15, -0.1) is 0 Å². The summed E-state index contributed by atoms with van der Waals surface area (Å²) in [5.41, 5.74) is 2.76. The number of hydrogen-bond donors (Lipinski definition) is 1. The third kappa shape index (κ3) is 4.96. The van der Waals surface area contributed by atoms with Crippen molar-refractivity contribution in [2.45, 2.75) is 37.6 Å². The minimum Gasteiger partial charge on any atom is -0.338 e. The Balaban J connectivity index is 1.82. The number of anilines is 1. The highest BCUT2D eigenvalue weighted by Gasteiger charge is 2.27. The maximum atomic E-state index is 13.0. The van der Waals surface area contributed by atoms with E-state index in [4.69, 9.17) is 11.6 Å². The maximum absolute atomic E-state index is 13.0. The zero-order chi connectivity index (χ0) is 22.1. The predicted molar refractivity (Wildman–Crippen MR) is 121 cm³/mol. The van der Waals surface area contributed by atoms with Gasteiger partial charge in [0.05, 0.1) is 15.5 Å². The lowest BCUT2D eigenvalue weighted by atomic mass is 10.0. The van der Waals surface area contributed by atoms with Crippen LogP contribution >= 0.6 is 11.6 Å². The Hall–Kier alpha value is -2.09. The fourth-order valence-electron chi connectivity index (χ4n) is 3.61. The first-order valence-corrected chi connectivity index (χ1v) is 11.8. The summed E-state index contributed by atoms with van der Waals surface area (Å²) in [6, 6.07) is 10.1. The number of nitrogens with zero attached hydrogens (tertiary/aromatic N) is 2. The summed E-state index contributed by atoms with van der Waals surface area (Å²) < 4.78 is 28.4. The fraction of sp³-hybridized carbons (Fsp3) is 0.409. The average Bonchev–Trinajstić information content (AvgIpc) is 2.70. The van der Waals surface area contributed by atoms with Gasteiger partial charge in [-0.2, -0.15) is 0 Å². The van der Waals surface area contributed by atoms with Crippen LogP contribution in [0.2, 0.25) is 5.02 Å². The summed E-state index contributed by atoms with van der Waals surface area (Å²) >= 11 is 6.27. The number of carbonyl (C=O) groups excluding carboxylic acids is 1. The lowest BCUT2D eigenvalue weighted by molar-refractivity contribution is 0.0663. The third-order valence-corrected chi connectivity index (χ3v) is 7.43. The molecule has 0 radical (unpaired) electrons. The monoisotopic (exact) mass is 449 g/mol. The first-order chi connectivity index (χ1) is 14.1. The van der Waals surface area contributed by atoms with Gasteiger partial charge in [0.2, 0.25) is 0 Å². The smallest absolute Gasteiger partial charge is 0.261 e. The van der Waals surface area contributed by atoms with E-state index in [0.717, 1.165) is 24.0 Å². The van der Waals surface area contributed by atoms with Crippen molar-refractivity contribution in [1.29, 1.82) is 0 Å². The SMILES string of the molecule is Cc1ccc(NS(=O)(=O)c2ccc(Cl)c(C(=O)N3CCC(N(C)C)CC3)c2)cc1C.